The second-order valence-corrected chi connectivity index (χ2v) is 6.45. The Labute approximate surface area is 165 Å². The highest BCUT2D eigenvalue weighted by Crippen LogP contribution is 2.28. The van der Waals surface area contributed by atoms with Crippen LogP contribution in [0, 0.1) is 11.8 Å². The zero-order valence-corrected chi connectivity index (χ0v) is 15.7. The van der Waals surface area contributed by atoms with Gasteiger partial charge in [0.2, 0.25) is 0 Å². The predicted molar refractivity (Wildman–Crippen MR) is 105 cm³/mol. The summed E-state index contributed by atoms with van der Waals surface area (Å²) in [6.45, 7) is 1.31. The van der Waals surface area contributed by atoms with Crippen molar-refractivity contribution in [1.29, 1.82) is 0 Å². The second-order valence-electron chi connectivity index (χ2n) is 6.45. The number of aliphatic hydroxyl groups is 1. The fourth-order valence-electron chi connectivity index (χ4n) is 3.00. The lowest BCUT2D eigenvalue weighted by Gasteiger charge is -2.21. The van der Waals surface area contributed by atoms with Gasteiger partial charge in [0.1, 0.15) is 6.10 Å². The number of hydrogen-bond donors (Lipinski definition) is 1. The molecule has 1 aliphatic rings. The van der Waals surface area contributed by atoms with Crippen molar-refractivity contribution in [3.8, 4) is 11.8 Å². The van der Waals surface area contributed by atoms with Crippen molar-refractivity contribution >= 4 is 6.16 Å². The molecule has 146 valence electrons. The van der Waals surface area contributed by atoms with E-state index in [1.807, 2.05) is 48.5 Å². The Morgan fingerprint density at radius 1 is 0.964 bits per heavy atom. The van der Waals surface area contributed by atoms with E-state index in [4.69, 9.17) is 19.3 Å². The molecule has 5 nitrogen and oxygen atoms in total. The third kappa shape index (κ3) is 5.59. The largest absolute Gasteiger partial charge is 0.508 e. The molecule has 2 aromatic rings. The second kappa shape index (κ2) is 10.5. The summed E-state index contributed by atoms with van der Waals surface area (Å²) in [5.41, 5.74) is 3.72. The Morgan fingerprint density at radius 3 is 2.54 bits per heavy atom. The summed E-state index contributed by atoms with van der Waals surface area (Å²) >= 11 is 0. The van der Waals surface area contributed by atoms with Gasteiger partial charge < -0.3 is 19.3 Å². The fraction of sp³-hybridized carbons (Fsp3) is 0.348. The maximum Gasteiger partial charge on any atom is 0.508 e. The first-order valence-corrected chi connectivity index (χ1v) is 9.49. The molecule has 0 spiro atoms. The molecule has 5 heteroatoms. The molecule has 1 atom stereocenters. The molecule has 0 amide bonds. The summed E-state index contributed by atoms with van der Waals surface area (Å²) in [5, 5.41) is 8.69. The quantitative estimate of drug-likeness (QED) is 0.430. The first-order valence-electron chi connectivity index (χ1n) is 9.49. The van der Waals surface area contributed by atoms with Crippen LogP contribution in [-0.2, 0) is 20.6 Å². The lowest BCUT2D eigenvalue weighted by atomic mass is 9.92. The molecular formula is C23H24O5. The Bertz CT molecular complexity index is 849. The molecule has 1 aliphatic carbocycles. The van der Waals surface area contributed by atoms with Crippen LogP contribution in [0.1, 0.15) is 41.2 Å². The van der Waals surface area contributed by atoms with Gasteiger partial charge in [0.15, 0.2) is 0 Å². The molecule has 0 radical (unpaired) electrons. The van der Waals surface area contributed by atoms with Gasteiger partial charge in [-0.15, -0.1) is 0 Å². The van der Waals surface area contributed by atoms with Gasteiger partial charge >= 0.3 is 6.16 Å². The van der Waals surface area contributed by atoms with Crippen LogP contribution in [0.4, 0.5) is 4.79 Å². The molecule has 2 aromatic carbocycles. The van der Waals surface area contributed by atoms with Crippen LogP contribution in [-0.4, -0.2) is 37.7 Å². The summed E-state index contributed by atoms with van der Waals surface area (Å²) in [5.74, 6) is 6.39. The minimum absolute atomic E-state index is 0.110. The average Bonchev–Trinajstić information content (AvgIpc) is 2.71. The molecular weight excluding hydrogens is 356 g/mol. The van der Waals surface area contributed by atoms with Gasteiger partial charge in [-0.05, 0) is 24.1 Å². The Balaban J connectivity index is 1.62. The molecule has 0 aromatic heterocycles. The molecule has 0 heterocycles. The average molecular weight is 380 g/mol. The van der Waals surface area contributed by atoms with Crippen LogP contribution >= 0.6 is 0 Å². The van der Waals surface area contributed by atoms with Gasteiger partial charge in [0.05, 0.1) is 6.61 Å². The molecule has 0 aliphatic heterocycles. The highest BCUT2D eigenvalue weighted by molar-refractivity contribution is 5.61. The van der Waals surface area contributed by atoms with Gasteiger partial charge in [-0.3, -0.25) is 0 Å². The van der Waals surface area contributed by atoms with Gasteiger partial charge in [-0.1, -0.05) is 48.2 Å². The van der Waals surface area contributed by atoms with Crippen LogP contribution in [0.5, 0.6) is 0 Å². The van der Waals surface area contributed by atoms with Crippen molar-refractivity contribution in [2.75, 3.05) is 26.4 Å². The molecule has 0 saturated carbocycles. The SMILES string of the molecule is O=C(OCCCOCCCO)OC1Cc2ccccc2C#Cc2ccccc21. The standard InChI is InChI=1S/C23H24O5/c24-13-5-14-26-15-6-16-27-23(25)28-22-17-20-9-2-1-7-18(20)11-12-19-8-3-4-10-21(19)22/h1-4,7-10,22,24H,5-6,13-17H2. The van der Waals surface area contributed by atoms with Gasteiger partial charge in [0, 0.05) is 49.4 Å². The maximum absolute atomic E-state index is 12.2. The molecule has 1 N–H and O–H groups in total. The van der Waals surface area contributed by atoms with E-state index < -0.39 is 12.3 Å². The number of ether oxygens (including phenoxy) is 3. The van der Waals surface area contributed by atoms with E-state index in [-0.39, 0.29) is 13.2 Å². The monoisotopic (exact) mass is 380 g/mol. The van der Waals surface area contributed by atoms with Crippen molar-refractivity contribution in [3.05, 3.63) is 70.8 Å². The smallest absolute Gasteiger partial charge is 0.434 e. The molecule has 0 fully saturated rings. The maximum atomic E-state index is 12.2. The lowest BCUT2D eigenvalue weighted by Crippen LogP contribution is -2.18. The fourth-order valence-corrected chi connectivity index (χ4v) is 3.00. The highest BCUT2D eigenvalue weighted by atomic mass is 16.7. The zero-order chi connectivity index (χ0) is 19.6. The molecule has 3 rings (SSSR count). The number of fused-ring (bicyclic) bond motifs is 2. The van der Waals surface area contributed by atoms with Crippen LogP contribution in [0.3, 0.4) is 0 Å². The number of carbonyl (C=O) groups is 1. The van der Waals surface area contributed by atoms with Crippen LogP contribution in [0.25, 0.3) is 0 Å². The number of hydrogen-bond acceptors (Lipinski definition) is 5. The van der Waals surface area contributed by atoms with Crippen molar-refractivity contribution in [3.63, 3.8) is 0 Å². The number of aliphatic hydroxyl groups excluding tert-OH is 1. The Kier molecular flexibility index (Phi) is 7.48. The summed E-state index contributed by atoms with van der Waals surface area (Å²) in [7, 11) is 0. The summed E-state index contributed by atoms with van der Waals surface area (Å²) in [6, 6.07) is 15.6. The first-order chi connectivity index (χ1) is 13.8. The minimum Gasteiger partial charge on any atom is -0.434 e. The van der Waals surface area contributed by atoms with E-state index in [1.165, 1.54) is 0 Å². The van der Waals surface area contributed by atoms with E-state index in [0.29, 0.717) is 32.5 Å². The minimum atomic E-state index is -0.693. The predicted octanol–water partition coefficient (Wildman–Crippen LogP) is 3.63. The summed E-state index contributed by atoms with van der Waals surface area (Å²) in [4.78, 5) is 12.2. The van der Waals surface area contributed by atoms with Crippen molar-refractivity contribution < 1.29 is 24.1 Å². The van der Waals surface area contributed by atoms with E-state index in [9.17, 15) is 4.79 Å². The summed E-state index contributed by atoms with van der Waals surface area (Å²) < 4.78 is 16.2. The van der Waals surface area contributed by atoms with E-state index in [1.54, 1.807) is 0 Å². The van der Waals surface area contributed by atoms with Gasteiger partial charge in [-0.25, -0.2) is 4.79 Å². The molecule has 28 heavy (non-hydrogen) atoms. The lowest BCUT2D eigenvalue weighted by molar-refractivity contribution is 0.0166. The normalized spacial score (nSPS) is 14.5. The van der Waals surface area contributed by atoms with E-state index in [2.05, 4.69) is 11.8 Å². The molecule has 0 saturated heterocycles. The van der Waals surface area contributed by atoms with Crippen molar-refractivity contribution in [2.24, 2.45) is 0 Å². The van der Waals surface area contributed by atoms with E-state index >= 15 is 0 Å². The molecule has 0 bridgehead atoms. The zero-order valence-electron chi connectivity index (χ0n) is 15.7. The van der Waals surface area contributed by atoms with Crippen LogP contribution in [0.2, 0.25) is 0 Å². The number of carbonyl (C=O) groups excluding carboxylic acids is 1. The van der Waals surface area contributed by atoms with Crippen LogP contribution in [0.15, 0.2) is 48.5 Å². The van der Waals surface area contributed by atoms with Crippen LogP contribution < -0.4 is 0 Å². The number of benzene rings is 2. The van der Waals surface area contributed by atoms with Gasteiger partial charge in [-0.2, -0.15) is 0 Å². The topological polar surface area (TPSA) is 65.0 Å². The number of rotatable bonds is 8. The van der Waals surface area contributed by atoms with E-state index in [0.717, 1.165) is 22.3 Å². The summed E-state index contributed by atoms with van der Waals surface area (Å²) in [6.07, 6.45) is 0.576. The molecule has 1 unspecified atom stereocenters. The highest BCUT2D eigenvalue weighted by Gasteiger charge is 2.23. The Morgan fingerprint density at radius 2 is 1.68 bits per heavy atom. The first kappa shape index (κ1) is 19.9. The third-order valence-corrected chi connectivity index (χ3v) is 4.40. The third-order valence-electron chi connectivity index (χ3n) is 4.40. The van der Waals surface area contributed by atoms with Gasteiger partial charge in [0.25, 0.3) is 0 Å². The van der Waals surface area contributed by atoms with Crippen molar-refractivity contribution in [2.45, 2.75) is 25.4 Å². The Hall–Kier alpha value is -2.81. The van der Waals surface area contributed by atoms with Crippen molar-refractivity contribution in [1.82, 2.24) is 0 Å².